The molecule has 15 aromatic rings. The predicted octanol–water partition coefficient (Wildman–Crippen LogP) is 24.7. The number of hydrogen-bond donors (Lipinski definition) is 0. The Labute approximate surface area is 561 Å². The maximum atomic E-state index is 5.26. The number of hydrogen-bond acceptors (Lipinski definition) is 2. The third-order valence-electron chi connectivity index (χ3n) is 19.8. The molecule has 3 heterocycles. The molecule has 2 aromatic heterocycles. The minimum absolute atomic E-state index is 0.324. The van der Waals surface area contributed by atoms with Gasteiger partial charge < -0.3 is 9.47 Å². The van der Waals surface area contributed by atoms with E-state index in [2.05, 4.69) is 363 Å². The minimum atomic E-state index is -0.324. The van der Waals surface area contributed by atoms with Crippen molar-refractivity contribution >= 4 is 49.8 Å². The molecule has 0 unspecified atom stereocenters. The van der Waals surface area contributed by atoms with Gasteiger partial charge in [-0.25, -0.2) is 4.98 Å². The second-order valence-electron chi connectivity index (χ2n) is 26.0. The lowest BCUT2D eigenvalue weighted by Gasteiger charge is -2.44. The van der Waals surface area contributed by atoms with Crippen LogP contribution in [0.1, 0.15) is 37.8 Å². The van der Waals surface area contributed by atoms with Crippen LogP contribution in [0.5, 0.6) is 0 Å². The summed E-state index contributed by atoms with van der Waals surface area (Å²) in [7, 11) is 0. The van der Waals surface area contributed by atoms with E-state index in [4.69, 9.17) is 4.98 Å². The summed E-state index contributed by atoms with van der Waals surface area (Å²) in [6.07, 6.45) is 8.54. The van der Waals surface area contributed by atoms with Gasteiger partial charge in [0, 0.05) is 44.5 Å². The van der Waals surface area contributed by atoms with Crippen LogP contribution < -0.4 is 4.90 Å². The van der Waals surface area contributed by atoms with E-state index >= 15 is 0 Å². The summed E-state index contributed by atoms with van der Waals surface area (Å²) < 4.78 is 4.82. The van der Waals surface area contributed by atoms with Gasteiger partial charge >= 0.3 is 0 Å². The van der Waals surface area contributed by atoms with Crippen LogP contribution in [0.4, 0.5) is 11.4 Å². The highest BCUT2D eigenvalue weighted by atomic mass is 15.2. The Kier molecular flexibility index (Phi) is 14.3. The lowest BCUT2D eigenvalue weighted by Crippen LogP contribution is -2.34. The Balaban J connectivity index is 0.850. The van der Waals surface area contributed by atoms with Crippen LogP contribution >= 0.6 is 0 Å². The Morgan fingerprint density at radius 2 is 0.854 bits per heavy atom. The van der Waals surface area contributed by atoms with Gasteiger partial charge in [0.25, 0.3) is 0 Å². The quantitative estimate of drug-likeness (QED) is 0.108. The summed E-state index contributed by atoms with van der Waals surface area (Å²) in [5, 5.41) is 2.40. The molecule has 1 aliphatic carbocycles. The maximum Gasteiger partial charge on any atom is 0.145 e. The van der Waals surface area contributed by atoms with Crippen molar-refractivity contribution in [1.29, 1.82) is 0 Å². The van der Waals surface area contributed by atoms with Crippen LogP contribution in [-0.4, -0.2) is 14.1 Å². The predicted molar refractivity (Wildman–Crippen MR) is 405 cm³/mol. The summed E-state index contributed by atoms with van der Waals surface area (Å²) in [5.41, 5.74) is 31.5. The fourth-order valence-electron chi connectivity index (χ4n) is 14.9. The number of aromatic nitrogens is 3. The Hall–Kier alpha value is -12.1. The summed E-state index contributed by atoms with van der Waals surface area (Å²) in [5.74, 6) is 0.918. The first-order valence-electron chi connectivity index (χ1n) is 33.3. The average Bonchev–Trinajstić information content (AvgIpc) is 1.32. The monoisotopic (exact) mass is 1230 g/mol. The van der Waals surface area contributed by atoms with Gasteiger partial charge in [0.05, 0.1) is 27.8 Å². The van der Waals surface area contributed by atoms with Crippen LogP contribution in [0.25, 0.3) is 139 Å². The molecular formula is C92H68N4. The lowest BCUT2D eigenvalue weighted by molar-refractivity contribution is 0.604. The van der Waals surface area contributed by atoms with Crippen LogP contribution in [0.3, 0.4) is 0 Å². The molecule has 2 aliphatic rings. The highest BCUT2D eigenvalue weighted by molar-refractivity contribution is 6.12. The molecule has 0 saturated heterocycles. The Morgan fingerprint density at radius 1 is 0.385 bits per heavy atom. The first kappa shape index (κ1) is 57.8. The molecule has 13 aromatic carbocycles. The SMILES string of the molecule is C=CC(=C)c1cc(-c2ccccc2)cc(-c2cccc(-c3cc(-c4cccc(-c5cc(-c6ccccc6)cc(-c6ccccc6)c5)c4)cc(-n4c5ccccc5c5cc6c(cc54)C(C)(C)C4=C(CCC=C4)N6c4ccc(-c5nc6ccccc6n5-c5ccccc5)cc4)c3)c2)c1. The third-order valence-corrected chi connectivity index (χ3v) is 19.8. The number of nitrogens with zero attached hydrogens (tertiary/aromatic N) is 4. The van der Waals surface area contributed by atoms with Gasteiger partial charge in [-0.2, -0.15) is 0 Å². The van der Waals surface area contributed by atoms with Crippen molar-refractivity contribution in [2.24, 2.45) is 0 Å². The van der Waals surface area contributed by atoms with E-state index in [1.807, 2.05) is 6.08 Å². The van der Waals surface area contributed by atoms with Gasteiger partial charge in [-0.05, 0) is 246 Å². The molecule has 4 heteroatoms. The van der Waals surface area contributed by atoms with Gasteiger partial charge in [-0.15, -0.1) is 0 Å². The molecule has 17 rings (SSSR count). The number of fused-ring (bicyclic) bond motifs is 5. The minimum Gasteiger partial charge on any atom is -0.314 e. The first-order chi connectivity index (χ1) is 47.2. The van der Waals surface area contributed by atoms with E-state index in [9.17, 15) is 0 Å². The summed E-state index contributed by atoms with van der Waals surface area (Å²) in [6.45, 7) is 13.4. The van der Waals surface area contributed by atoms with Crippen LogP contribution in [0.15, 0.2) is 352 Å². The maximum absolute atomic E-state index is 5.26. The van der Waals surface area contributed by atoms with Crippen LogP contribution in [0.2, 0.25) is 0 Å². The zero-order valence-electron chi connectivity index (χ0n) is 53.8. The molecule has 0 N–H and O–H groups in total. The largest absolute Gasteiger partial charge is 0.314 e. The molecule has 0 spiro atoms. The van der Waals surface area contributed by atoms with Crippen molar-refractivity contribution in [3.05, 3.63) is 363 Å². The normalized spacial score (nSPS) is 13.3. The first-order valence-corrected chi connectivity index (χ1v) is 33.3. The van der Waals surface area contributed by atoms with Crippen molar-refractivity contribution in [2.45, 2.75) is 32.1 Å². The van der Waals surface area contributed by atoms with E-state index in [0.717, 1.165) is 130 Å². The van der Waals surface area contributed by atoms with Gasteiger partial charge in [-0.1, -0.05) is 221 Å². The molecule has 456 valence electrons. The van der Waals surface area contributed by atoms with Crippen molar-refractivity contribution in [1.82, 2.24) is 14.1 Å². The standard InChI is InChI=1S/C92H68N4/c1-5-61(2)70-50-71(62-26-10-6-11-27-62)53-74(51-70)66-32-24-34-68(48-66)76-56-77(69-35-25-33-67(49-69)75-54-72(63-28-12-7-13-29-63)52-73(55-75)64-30-14-8-15-31-64)58-80(57-76)95-86-41-21-18-38-81(86)82-59-90-84(60-89(82)95)92(3,4)83-39-19-22-42-87(83)94(90)79-46-44-65(45-47-79)91-93-85-40-20-23-43-88(85)96(91)78-36-16-9-17-37-78/h5-21,23-41,43-60H,1-2,22,42H2,3-4H3. The molecule has 4 nitrogen and oxygen atoms in total. The van der Waals surface area contributed by atoms with E-state index in [-0.39, 0.29) is 5.41 Å². The highest BCUT2D eigenvalue weighted by Crippen LogP contribution is 2.54. The second kappa shape index (κ2) is 23.8. The molecule has 0 fully saturated rings. The fraction of sp³-hybridized carbons (Fsp3) is 0.0543. The van der Waals surface area contributed by atoms with Crippen LogP contribution in [0, 0.1) is 0 Å². The van der Waals surface area contributed by atoms with Crippen molar-refractivity contribution < 1.29 is 0 Å². The zero-order valence-corrected chi connectivity index (χ0v) is 53.8. The van der Waals surface area contributed by atoms with Crippen molar-refractivity contribution in [2.75, 3.05) is 4.90 Å². The summed E-state index contributed by atoms with van der Waals surface area (Å²) >= 11 is 0. The Morgan fingerprint density at radius 3 is 1.43 bits per heavy atom. The number of benzene rings is 13. The number of rotatable bonds is 13. The second-order valence-corrected chi connectivity index (χ2v) is 26.0. The van der Waals surface area contributed by atoms with Crippen LogP contribution in [-0.2, 0) is 5.41 Å². The fourth-order valence-corrected chi connectivity index (χ4v) is 14.9. The lowest BCUT2D eigenvalue weighted by atomic mass is 9.71. The molecule has 0 saturated carbocycles. The van der Waals surface area contributed by atoms with E-state index in [0.29, 0.717) is 0 Å². The topological polar surface area (TPSA) is 26.0 Å². The molecule has 96 heavy (non-hydrogen) atoms. The molecular weight excluding hydrogens is 1160 g/mol. The van der Waals surface area contributed by atoms with E-state index in [1.165, 1.54) is 55.5 Å². The van der Waals surface area contributed by atoms with Crippen molar-refractivity contribution in [3.63, 3.8) is 0 Å². The van der Waals surface area contributed by atoms with Gasteiger partial charge in [0.1, 0.15) is 5.82 Å². The third kappa shape index (κ3) is 10.2. The van der Waals surface area contributed by atoms with Crippen molar-refractivity contribution in [3.8, 4) is 101 Å². The molecule has 0 atom stereocenters. The van der Waals surface area contributed by atoms with Gasteiger partial charge in [0.2, 0.25) is 0 Å². The number of anilines is 2. The molecule has 0 bridgehead atoms. The summed E-state index contributed by atoms with van der Waals surface area (Å²) in [6, 6.07) is 114. The van der Waals surface area contributed by atoms with Gasteiger partial charge in [0.15, 0.2) is 0 Å². The average molecular weight is 1230 g/mol. The van der Waals surface area contributed by atoms with Gasteiger partial charge in [-0.3, -0.25) is 4.57 Å². The highest BCUT2D eigenvalue weighted by Gasteiger charge is 2.39. The molecule has 0 radical (unpaired) electrons. The number of allylic oxidation sites excluding steroid dienone is 6. The number of para-hydroxylation sites is 4. The zero-order chi connectivity index (χ0) is 64.4. The smallest absolute Gasteiger partial charge is 0.145 e. The molecule has 0 amide bonds. The summed E-state index contributed by atoms with van der Waals surface area (Å²) in [4.78, 5) is 7.83. The van der Waals surface area contributed by atoms with E-state index in [1.54, 1.807) is 0 Å². The number of imidazole rings is 1. The molecule has 1 aliphatic heterocycles. The van der Waals surface area contributed by atoms with E-state index < -0.39 is 0 Å². The Bertz CT molecular complexity index is 5570.